The van der Waals surface area contributed by atoms with Crippen LogP contribution in [0.3, 0.4) is 0 Å². The van der Waals surface area contributed by atoms with Crippen LogP contribution in [0.25, 0.3) is 10.9 Å². The number of aromatic amines is 1. The van der Waals surface area contributed by atoms with Gasteiger partial charge in [0.15, 0.2) is 0 Å². The third-order valence-electron chi connectivity index (χ3n) is 4.33. The molecule has 2 atom stereocenters. The van der Waals surface area contributed by atoms with E-state index in [0.717, 1.165) is 35.9 Å². The molecule has 1 aliphatic rings. The number of aliphatic hydroxyl groups excluding tert-OH is 1. The van der Waals surface area contributed by atoms with E-state index in [1.807, 2.05) is 35.4 Å². The van der Waals surface area contributed by atoms with Crippen LogP contribution >= 0.6 is 0 Å². The second kappa shape index (κ2) is 5.90. The monoisotopic (exact) mass is 286 g/mol. The maximum Gasteiger partial charge on any atom is 0.227 e. The first-order chi connectivity index (χ1) is 10.1. The van der Waals surface area contributed by atoms with Crippen LogP contribution in [0, 0.1) is 0 Å². The normalized spacial score (nSPS) is 20.1. The maximum absolute atomic E-state index is 12.6. The second-order valence-corrected chi connectivity index (χ2v) is 6.00. The van der Waals surface area contributed by atoms with Gasteiger partial charge in [-0.15, -0.1) is 0 Å². The number of amides is 1. The van der Waals surface area contributed by atoms with E-state index in [9.17, 15) is 9.90 Å². The Labute approximate surface area is 124 Å². The molecule has 4 nitrogen and oxygen atoms in total. The van der Waals surface area contributed by atoms with Gasteiger partial charge >= 0.3 is 0 Å². The molecule has 0 bridgehead atoms. The van der Waals surface area contributed by atoms with E-state index in [0.29, 0.717) is 12.8 Å². The maximum atomic E-state index is 12.6. The van der Waals surface area contributed by atoms with Crippen molar-refractivity contribution < 1.29 is 9.90 Å². The summed E-state index contributed by atoms with van der Waals surface area (Å²) < 4.78 is 0. The molecule has 1 aromatic heterocycles. The lowest BCUT2D eigenvalue weighted by Gasteiger charge is -2.25. The van der Waals surface area contributed by atoms with Crippen molar-refractivity contribution >= 4 is 16.8 Å². The lowest BCUT2D eigenvalue weighted by molar-refractivity contribution is -0.131. The molecule has 0 spiro atoms. The highest BCUT2D eigenvalue weighted by Gasteiger charge is 2.29. The van der Waals surface area contributed by atoms with Gasteiger partial charge in [-0.2, -0.15) is 0 Å². The molecule has 2 heterocycles. The highest BCUT2D eigenvalue weighted by molar-refractivity contribution is 5.89. The van der Waals surface area contributed by atoms with Gasteiger partial charge in [0, 0.05) is 29.7 Å². The number of fused-ring (bicyclic) bond motifs is 1. The number of H-pyrrole nitrogens is 1. The van der Waals surface area contributed by atoms with Crippen molar-refractivity contribution in [3.8, 4) is 0 Å². The molecular weight excluding hydrogens is 264 g/mol. The molecule has 2 unspecified atom stereocenters. The fourth-order valence-corrected chi connectivity index (χ4v) is 3.35. The van der Waals surface area contributed by atoms with Crippen molar-refractivity contribution in [1.82, 2.24) is 9.88 Å². The standard InChI is InChI=1S/C17H22N2O2/c1-12(20)9-14-5-4-8-19(14)17(21)10-13-11-18-16-7-3-2-6-15(13)16/h2-3,6-7,11-12,14,18,20H,4-5,8-10H2,1H3. The van der Waals surface area contributed by atoms with Crippen LogP contribution in [0.2, 0.25) is 0 Å². The number of nitrogens with zero attached hydrogens (tertiary/aromatic N) is 1. The highest BCUT2D eigenvalue weighted by Crippen LogP contribution is 2.24. The summed E-state index contributed by atoms with van der Waals surface area (Å²) in [5.41, 5.74) is 2.13. The Bertz CT molecular complexity index is 633. The van der Waals surface area contributed by atoms with Gasteiger partial charge in [-0.3, -0.25) is 4.79 Å². The summed E-state index contributed by atoms with van der Waals surface area (Å²) in [6.45, 7) is 2.61. The van der Waals surface area contributed by atoms with Crippen LogP contribution in [0.15, 0.2) is 30.5 Å². The number of hydrogen-bond acceptors (Lipinski definition) is 2. The fraction of sp³-hybridized carbons (Fsp3) is 0.471. The van der Waals surface area contributed by atoms with Crippen LogP contribution in [-0.4, -0.2) is 39.6 Å². The van der Waals surface area contributed by atoms with Crippen LogP contribution in [0.4, 0.5) is 0 Å². The average molecular weight is 286 g/mol. The molecule has 21 heavy (non-hydrogen) atoms. The van der Waals surface area contributed by atoms with Crippen LogP contribution < -0.4 is 0 Å². The first kappa shape index (κ1) is 14.1. The van der Waals surface area contributed by atoms with Crippen molar-refractivity contribution in [3.05, 3.63) is 36.0 Å². The Balaban J connectivity index is 1.74. The number of aromatic nitrogens is 1. The molecule has 1 saturated heterocycles. The van der Waals surface area contributed by atoms with E-state index in [1.165, 1.54) is 0 Å². The van der Waals surface area contributed by atoms with E-state index in [1.54, 1.807) is 6.92 Å². The highest BCUT2D eigenvalue weighted by atomic mass is 16.3. The van der Waals surface area contributed by atoms with Crippen LogP contribution in [0.5, 0.6) is 0 Å². The predicted molar refractivity (Wildman–Crippen MR) is 83.0 cm³/mol. The summed E-state index contributed by atoms with van der Waals surface area (Å²) in [7, 11) is 0. The molecule has 1 aromatic carbocycles. The SMILES string of the molecule is CC(O)CC1CCCN1C(=O)Cc1c[nH]c2ccccc12. The predicted octanol–water partition coefficient (Wildman–Crippen LogP) is 2.47. The van der Waals surface area contributed by atoms with Crippen molar-refractivity contribution in [2.75, 3.05) is 6.54 Å². The minimum absolute atomic E-state index is 0.169. The largest absolute Gasteiger partial charge is 0.393 e. The summed E-state index contributed by atoms with van der Waals surface area (Å²) in [6, 6.07) is 8.25. The van der Waals surface area contributed by atoms with Gasteiger partial charge in [-0.25, -0.2) is 0 Å². The Morgan fingerprint density at radius 3 is 3.10 bits per heavy atom. The lowest BCUT2D eigenvalue weighted by atomic mass is 10.1. The number of hydrogen-bond donors (Lipinski definition) is 2. The number of rotatable bonds is 4. The molecule has 2 N–H and O–H groups in total. The van der Waals surface area contributed by atoms with Crippen molar-refractivity contribution in [2.24, 2.45) is 0 Å². The van der Waals surface area contributed by atoms with E-state index in [4.69, 9.17) is 0 Å². The summed E-state index contributed by atoms with van der Waals surface area (Å²) >= 11 is 0. The molecule has 1 fully saturated rings. The van der Waals surface area contributed by atoms with Crippen molar-refractivity contribution in [2.45, 2.75) is 44.8 Å². The molecular formula is C17H22N2O2. The zero-order chi connectivity index (χ0) is 14.8. The molecule has 2 aromatic rings. The molecule has 0 aliphatic carbocycles. The number of para-hydroxylation sites is 1. The zero-order valence-corrected chi connectivity index (χ0v) is 12.4. The summed E-state index contributed by atoms with van der Waals surface area (Å²) in [5.74, 6) is 0.169. The summed E-state index contributed by atoms with van der Waals surface area (Å²) in [5, 5.41) is 10.7. The molecule has 0 saturated carbocycles. The zero-order valence-electron chi connectivity index (χ0n) is 12.4. The number of carbonyl (C=O) groups excluding carboxylic acids is 1. The topological polar surface area (TPSA) is 56.3 Å². The number of carbonyl (C=O) groups is 1. The Hall–Kier alpha value is -1.81. The Morgan fingerprint density at radius 1 is 1.48 bits per heavy atom. The van der Waals surface area contributed by atoms with E-state index in [-0.39, 0.29) is 18.1 Å². The minimum Gasteiger partial charge on any atom is -0.393 e. The van der Waals surface area contributed by atoms with Crippen molar-refractivity contribution in [1.29, 1.82) is 0 Å². The Kier molecular flexibility index (Phi) is 3.97. The van der Waals surface area contributed by atoms with Gasteiger partial charge in [-0.05, 0) is 37.8 Å². The molecule has 3 rings (SSSR count). The smallest absolute Gasteiger partial charge is 0.227 e. The third kappa shape index (κ3) is 2.95. The van der Waals surface area contributed by atoms with E-state index in [2.05, 4.69) is 4.98 Å². The minimum atomic E-state index is -0.350. The van der Waals surface area contributed by atoms with Gasteiger partial charge in [-0.1, -0.05) is 18.2 Å². The number of nitrogens with one attached hydrogen (secondary N) is 1. The first-order valence-electron chi connectivity index (χ1n) is 7.67. The fourth-order valence-electron chi connectivity index (χ4n) is 3.35. The quantitative estimate of drug-likeness (QED) is 0.907. The number of aliphatic hydroxyl groups is 1. The molecule has 112 valence electrons. The van der Waals surface area contributed by atoms with Crippen molar-refractivity contribution in [3.63, 3.8) is 0 Å². The molecule has 1 aliphatic heterocycles. The van der Waals surface area contributed by atoms with Gasteiger partial charge in [0.2, 0.25) is 5.91 Å². The van der Waals surface area contributed by atoms with Gasteiger partial charge < -0.3 is 15.0 Å². The lowest BCUT2D eigenvalue weighted by Crippen LogP contribution is -2.38. The molecule has 4 heteroatoms. The van der Waals surface area contributed by atoms with Gasteiger partial charge in [0.05, 0.1) is 12.5 Å². The van der Waals surface area contributed by atoms with Crippen LogP contribution in [0.1, 0.15) is 31.7 Å². The summed E-state index contributed by atoms with van der Waals surface area (Å²) in [4.78, 5) is 17.7. The number of likely N-dealkylation sites (tertiary alicyclic amines) is 1. The average Bonchev–Trinajstić information content (AvgIpc) is 3.06. The second-order valence-electron chi connectivity index (χ2n) is 6.00. The Morgan fingerprint density at radius 2 is 2.29 bits per heavy atom. The molecule has 1 amide bonds. The van der Waals surface area contributed by atoms with Gasteiger partial charge in [0.1, 0.15) is 0 Å². The molecule has 0 radical (unpaired) electrons. The number of benzene rings is 1. The van der Waals surface area contributed by atoms with E-state index >= 15 is 0 Å². The van der Waals surface area contributed by atoms with Gasteiger partial charge in [0.25, 0.3) is 0 Å². The third-order valence-corrected chi connectivity index (χ3v) is 4.33. The summed E-state index contributed by atoms with van der Waals surface area (Å²) in [6.07, 6.45) is 4.74. The van der Waals surface area contributed by atoms with Crippen LogP contribution in [-0.2, 0) is 11.2 Å². The first-order valence-corrected chi connectivity index (χ1v) is 7.67. The van der Waals surface area contributed by atoms with E-state index < -0.39 is 0 Å².